The molecule has 0 bridgehead atoms. The highest BCUT2D eigenvalue weighted by Gasteiger charge is 2.24. The molecular formula is C12H15NO4S. The third-order valence-electron chi connectivity index (χ3n) is 2.90. The lowest BCUT2D eigenvalue weighted by Gasteiger charge is -2.31. The van der Waals surface area contributed by atoms with Crippen LogP contribution in [0.2, 0.25) is 0 Å². The number of nitrogens with zero attached hydrogens (tertiary/aromatic N) is 1. The molecule has 2 rings (SSSR count). The van der Waals surface area contributed by atoms with Gasteiger partial charge in [0.15, 0.2) is 0 Å². The highest BCUT2D eigenvalue weighted by Crippen LogP contribution is 2.18. The predicted octanol–water partition coefficient (Wildman–Crippen LogP) is 1.45. The molecule has 0 unspecified atom stereocenters. The van der Waals surface area contributed by atoms with E-state index in [1.165, 1.54) is 11.3 Å². The average Bonchev–Trinajstić information content (AvgIpc) is 2.90. The number of amides is 1. The van der Waals surface area contributed by atoms with Gasteiger partial charge in [0, 0.05) is 13.1 Å². The molecule has 5 nitrogen and oxygen atoms in total. The van der Waals surface area contributed by atoms with Crippen LogP contribution in [0.15, 0.2) is 17.5 Å². The summed E-state index contributed by atoms with van der Waals surface area (Å²) >= 11 is 1.44. The molecule has 1 saturated heterocycles. The van der Waals surface area contributed by atoms with Crippen LogP contribution in [0, 0.1) is 0 Å². The van der Waals surface area contributed by atoms with Crippen LogP contribution >= 0.6 is 11.3 Å². The van der Waals surface area contributed by atoms with Gasteiger partial charge in [-0.1, -0.05) is 6.07 Å². The molecule has 1 N–H and O–H groups in total. The van der Waals surface area contributed by atoms with Crippen LogP contribution < -0.4 is 0 Å². The Balaban J connectivity index is 1.80. The van der Waals surface area contributed by atoms with Crippen molar-refractivity contribution in [1.29, 1.82) is 0 Å². The Labute approximate surface area is 109 Å². The van der Waals surface area contributed by atoms with E-state index in [0.29, 0.717) is 25.9 Å². The number of rotatable bonds is 4. The molecule has 2 heterocycles. The maximum absolute atomic E-state index is 12.0. The molecule has 1 aromatic rings. The first-order valence-corrected chi connectivity index (χ1v) is 6.71. The van der Waals surface area contributed by atoms with Gasteiger partial charge >= 0.3 is 5.97 Å². The topological polar surface area (TPSA) is 66.8 Å². The molecule has 0 aromatic carbocycles. The van der Waals surface area contributed by atoms with E-state index >= 15 is 0 Å². The summed E-state index contributed by atoms with van der Waals surface area (Å²) in [4.78, 5) is 25.0. The van der Waals surface area contributed by atoms with Crippen molar-refractivity contribution in [1.82, 2.24) is 4.90 Å². The van der Waals surface area contributed by atoms with E-state index in [2.05, 4.69) is 0 Å². The number of ether oxygens (including phenoxy) is 1. The smallest absolute Gasteiger partial charge is 0.329 e. The zero-order chi connectivity index (χ0) is 13.0. The summed E-state index contributed by atoms with van der Waals surface area (Å²) in [6.07, 6.45) is 1.35. The van der Waals surface area contributed by atoms with E-state index in [9.17, 15) is 9.59 Å². The number of thiophene rings is 1. The zero-order valence-electron chi connectivity index (χ0n) is 9.87. The molecule has 0 atom stereocenters. The summed E-state index contributed by atoms with van der Waals surface area (Å²) in [5.41, 5.74) is 0. The lowest BCUT2D eigenvalue weighted by molar-refractivity contribution is -0.145. The van der Waals surface area contributed by atoms with Gasteiger partial charge in [0.1, 0.15) is 6.61 Å². The van der Waals surface area contributed by atoms with Crippen molar-refractivity contribution < 1.29 is 19.4 Å². The van der Waals surface area contributed by atoms with E-state index in [1.807, 2.05) is 17.5 Å². The maximum Gasteiger partial charge on any atom is 0.329 e. The highest BCUT2D eigenvalue weighted by molar-refractivity contribution is 7.12. The summed E-state index contributed by atoms with van der Waals surface area (Å²) in [7, 11) is 0. The Hall–Kier alpha value is -1.40. The Bertz CT molecular complexity index is 410. The molecule has 1 aromatic heterocycles. The minimum absolute atomic E-state index is 0.0477. The van der Waals surface area contributed by atoms with E-state index in [-0.39, 0.29) is 18.6 Å². The molecule has 98 valence electrons. The fraction of sp³-hybridized carbons (Fsp3) is 0.500. The molecule has 18 heavy (non-hydrogen) atoms. The van der Waals surface area contributed by atoms with Gasteiger partial charge < -0.3 is 14.7 Å². The molecule has 0 saturated carbocycles. The second-order valence-electron chi connectivity index (χ2n) is 4.17. The second kappa shape index (κ2) is 5.97. The van der Waals surface area contributed by atoms with Crippen LogP contribution in [0.4, 0.5) is 0 Å². The van der Waals surface area contributed by atoms with Crippen LogP contribution in [0.5, 0.6) is 0 Å². The first-order chi connectivity index (χ1) is 8.66. The van der Waals surface area contributed by atoms with Crippen LogP contribution in [0.25, 0.3) is 0 Å². The molecular weight excluding hydrogens is 254 g/mol. The third-order valence-corrected chi connectivity index (χ3v) is 3.76. The van der Waals surface area contributed by atoms with Crippen molar-refractivity contribution in [3.63, 3.8) is 0 Å². The van der Waals surface area contributed by atoms with Crippen molar-refractivity contribution in [2.75, 3.05) is 19.7 Å². The predicted molar refractivity (Wildman–Crippen MR) is 66.8 cm³/mol. The standard InChI is InChI=1S/C12H15NO4S/c14-11(15)8-17-9-3-5-13(6-4-9)12(16)10-2-1-7-18-10/h1-2,7,9H,3-6,8H2,(H,14,15). The first-order valence-electron chi connectivity index (χ1n) is 5.83. The van der Waals surface area contributed by atoms with E-state index in [0.717, 1.165) is 4.88 Å². The Morgan fingerprint density at radius 2 is 2.17 bits per heavy atom. The molecule has 1 aliphatic heterocycles. The summed E-state index contributed by atoms with van der Waals surface area (Å²) in [5.74, 6) is -0.895. The summed E-state index contributed by atoms with van der Waals surface area (Å²) in [5, 5.41) is 10.4. The molecule has 1 fully saturated rings. The summed E-state index contributed by atoms with van der Waals surface area (Å²) < 4.78 is 5.23. The molecule has 0 aliphatic carbocycles. The first kappa shape index (κ1) is 13.0. The number of piperidine rings is 1. The number of aliphatic carboxylic acids is 1. The van der Waals surface area contributed by atoms with Gasteiger partial charge in [-0.2, -0.15) is 0 Å². The normalized spacial score (nSPS) is 16.8. The van der Waals surface area contributed by atoms with E-state index in [4.69, 9.17) is 9.84 Å². The van der Waals surface area contributed by atoms with Gasteiger partial charge in [0.05, 0.1) is 11.0 Å². The number of carboxylic acid groups (broad SMARTS) is 1. The van der Waals surface area contributed by atoms with Crippen LogP contribution in [0.3, 0.4) is 0 Å². The van der Waals surface area contributed by atoms with Crippen LogP contribution in [-0.2, 0) is 9.53 Å². The lowest BCUT2D eigenvalue weighted by Crippen LogP contribution is -2.41. The van der Waals surface area contributed by atoms with Gasteiger partial charge in [0.25, 0.3) is 5.91 Å². The van der Waals surface area contributed by atoms with Crippen LogP contribution in [0.1, 0.15) is 22.5 Å². The molecule has 6 heteroatoms. The van der Waals surface area contributed by atoms with Gasteiger partial charge in [-0.3, -0.25) is 4.79 Å². The largest absolute Gasteiger partial charge is 0.480 e. The van der Waals surface area contributed by atoms with Gasteiger partial charge in [-0.25, -0.2) is 4.79 Å². The number of carboxylic acids is 1. The molecule has 1 aliphatic rings. The highest BCUT2D eigenvalue weighted by atomic mass is 32.1. The SMILES string of the molecule is O=C(O)COC1CCN(C(=O)c2cccs2)CC1. The van der Waals surface area contributed by atoms with Gasteiger partial charge in [-0.15, -0.1) is 11.3 Å². The van der Waals surface area contributed by atoms with Crippen molar-refractivity contribution >= 4 is 23.2 Å². The number of carbonyl (C=O) groups excluding carboxylic acids is 1. The molecule has 0 radical (unpaired) electrons. The number of hydrogen-bond acceptors (Lipinski definition) is 4. The van der Waals surface area contributed by atoms with Gasteiger partial charge in [-0.05, 0) is 24.3 Å². The Kier molecular flexibility index (Phi) is 4.33. The fourth-order valence-electron chi connectivity index (χ4n) is 1.97. The number of hydrogen-bond donors (Lipinski definition) is 1. The quantitative estimate of drug-likeness (QED) is 0.898. The zero-order valence-corrected chi connectivity index (χ0v) is 10.7. The van der Waals surface area contributed by atoms with Crippen molar-refractivity contribution in [2.24, 2.45) is 0 Å². The van der Waals surface area contributed by atoms with Gasteiger partial charge in [0.2, 0.25) is 0 Å². The summed E-state index contributed by atoms with van der Waals surface area (Å²) in [6, 6.07) is 3.68. The third kappa shape index (κ3) is 3.30. The fourth-order valence-corrected chi connectivity index (χ4v) is 2.66. The average molecular weight is 269 g/mol. The van der Waals surface area contributed by atoms with Crippen LogP contribution in [-0.4, -0.2) is 47.7 Å². The maximum atomic E-state index is 12.0. The number of likely N-dealkylation sites (tertiary alicyclic amines) is 1. The minimum Gasteiger partial charge on any atom is -0.480 e. The van der Waals surface area contributed by atoms with Crippen molar-refractivity contribution in [3.8, 4) is 0 Å². The van der Waals surface area contributed by atoms with E-state index < -0.39 is 5.97 Å². The Morgan fingerprint density at radius 1 is 1.44 bits per heavy atom. The van der Waals surface area contributed by atoms with E-state index in [1.54, 1.807) is 4.90 Å². The van der Waals surface area contributed by atoms with Crippen molar-refractivity contribution in [3.05, 3.63) is 22.4 Å². The molecule has 1 amide bonds. The van der Waals surface area contributed by atoms with Crippen molar-refractivity contribution in [2.45, 2.75) is 18.9 Å². The minimum atomic E-state index is -0.952. The number of carbonyl (C=O) groups is 2. The summed E-state index contributed by atoms with van der Waals surface area (Å²) in [6.45, 7) is 0.992. The second-order valence-corrected chi connectivity index (χ2v) is 5.12. The Morgan fingerprint density at radius 3 is 2.72 bits per heavy atom. The monoisotopic (exact) mass is 269 g/mol. The lowest BCUT2D eigenvalue weighted by atomic mass is 10.1. The molecule has 0 spiro atoms.